The standard InChI is InChI=1S/C14H23ClN2O2/c1-5-17(2)7-6-16-10-11-8-12(15)14(19-4)13(9-11)18-3/h8-9,16H,5-7,10H2,1-4H3. The molecule has 0 atom stereocenters. The molecule has 0 saturated heterocycles. The van der Waals surface area contributed by atoms with E-state index < -0.39 is 0 Å². The highest BCUT2D eigenvalue weighted by atomic mass is 35.5. The monoisotopic (exact) mass is 286 g/mol. The number of benzene rings is 1. The lowest BCUT2D eigenvalue weighted by atomic mass is 10.2. The quantitative estimate of drug-likeness (QED) is 0.744. The molecule has 0 radical (unpaired) electrons. The number of hydrogen-bond donors (Lipinski definition) is 1. The molecule has 0 amide bonds. The summed E-state index contributed by atoms with van der Waals surface area (Å²) in [6, 6.07) is 3.85. The van der Waals surface area contributed by atoms with Gasteiger partial charge in [0.25, 0.3) is 0 Å². The first kappa shape index (κ1) is 16.1. The molecule has 1 N–H and O–H groups in total. The van der Waals surface area contributed by atoms with Crippen LogP contribution in [0.1, 0.15) is 12.5 Å². The van der Waals surface area contributed by atoms with Crippen LogP contribution in [-0.2, 0) is 6.54 Å². The number of nitrogens with one attached hydrogen (secondary N) is 1. The summed E-state index contributed by atoms with van der Waals surface area (Å²) in [7, 11) is 5.30. The molecule has 0 spiro atoms. The van der Waals surface area contributed by atoms with Crippen molar-refractivity contribution in [2.24, 2.45) is 0 Å². The van der Waals surface area contributed by atoms with E-state index in [1.807, 2.05) is 12.1 Å². The van der Waals surface area contributed by atoms with Crippen molar-refractivity contribution in [3.8, 4) is 11.5 Å². The molecule has 0 fully saturated rings. The number of nitrogens with zero attached hydrogens (tertiary/aromatic N) is 1. The molecule has 0 heterocycles. The summed E-state index contributed by atoms with van der Waals surface area (Å²) in [5.41, 5.74) is 1.09. The molecule has 0 aliphatic carbocycles. The van der Waals surface area contributed by atoms with Gasteiger partial charge in [-0.15, -0.1) is 0 Å². The van der Waals surface area contributed by atoms with Crippen molar-refractivity contribution in [3.63, 3.8) is 0 Å². The maximum Gasteiger partial charge on any atom is 0.179 e. The van der Waals surface area contributed by atoms with Crippen LogP contribution in [0.15, 0.2) is 12.1 Å². The molecule has 5 heteroatoms. The van der Waals surface area contributed by atoms with Gasteiger partial charge in [-0.3, -0.25) is 0 Å². The van der Waals surface area contributed by atoms with Crippen LogP contribution < -0.4 is 14.8 Å². The minimum atomic E-state index is 0.573. The highest BCUT2D eigenvalue weighted by molar-refractivity contribution is 6.32. The minimum Gasteiger partial charge on any atom is -0.493 e. The third kappa shape index (κ3) is 4.90. The Morgan fingerprint density at radius 1 is 1.26 bits per heavy atom. The largest absolute Gasteiger partial charge is 0.493 e. The number of hydrogen-bond acceptors (Lipinski definition) is 4. The molecule has 4 nitrogen and oxygen atoms in total. The lowest BCUT2D eigenvalue weighted by Crippen LogP contribution is -2.28. The van der Waals surface area contributed by atoms with Crippen LogP contribution in [0.3, 0.4) is 0 Å². The molecule has 0 aliphatic heterocycles. The van der Waals surface area contributed by atoms with Crippen LogP contribution in [0, 0.1) is 0 Å². The first-order valence-corrected chi connectivity index (χ1v) is 6.79. The van der Waals surface area contributed by atoms with Crippen molar-refractivity contribution < 1.29 is 9.47 Å². The second-order valence-electron chi connectivity index (χ2n) is 4.39. The summed E-state index contributed by atoms with van der Waals surface area (Å²) in [6.45, 7) is 5.93. The van der Waals surface area contributed by atoms with Crippen molar-refractivity contribution in [1.29, 1.82) is 0 Å². The van der Waals surface area contributed by atoms with Crippen LogP contribution in [-0.4, -0.2) is 45.8 Å². The molecular weight excluding hydrogens is 264 g/mol. The molecule has 0 aromatic heterocycles. The Morgan fingerprint density at radius 2 is 2.00 bits per heavy atom. The first-order chi connectivity index (χ1) is 9.12. The van der Waals surface area contributed by atoms with E-state index in [-0.39, 0.29) is 0 Å². The average molecular weight is 287 g/mol. The fourth-order valence-corrected chi connectivity index (χ4v) is 2.04. The minimum absolute atomic E-state index is 0.573. The number of methoxy groups -OCH3 is 2. The summed E-state index contributed by atoms with van der Waals surface area (Å²) in [5.74, 6) is 1.25. The van der Waals surface area contributed by atoms with Gasteiger partial charge in [-0.25, -0.2) is 0 Å². The van der Waals surface area contributed by atoms with E-state index in [9.17, 15) is 0 Å². The molecular formula is C14H23ClN2O2. The zero-order valence-electron chi connectivity index (χ0n) is 12.1. The van der Waals surface area contributed by atoms with Gasteiger partial charge < -0.3 is 19.7 Å². The van der Waals surface area contributed by atoms with Crippen molar-refractivity contribution in [2.75, 3.05) is 40.9 Å². The van der Waals surface area contributed by atoms with Crippen LogP contribution in [0.5, 0.6) is 11.5 Å². The molecule has 1 aromatic rings. The second-order valence-corrected chi connectivity index (χ2v) is 4.79. The Hall–Kier alpha value is -0.970. The van der Waals surface area contributed by atoms with Crippen molar-refractivity contribution >= 4 is 11.6 Å². The SMILES string of the molecule is CCN(C)CCNCc1cc(Cl)c(OC)c(OC)c1. The fraction of sp³-hybridized carbons (Fsp3) is 0.571. The van der Waals surface area contributed by atoms with E-state index in [1.165, 1.54) is 0 Å². The lowest BCUT2D eigenvalue weighted by molar-refractivity contribution is 0.347. The van der Waals surface area contributed by atoms with E-state index in [4.69, 9.17) is 21.1 Å². The zero-order valence-corrected chi connectivity index (χ0v) is 12.9. The second kappa shape index (κ2) is 8.25. The first-order valence-electron chi connectivity index (χ1n) is 6.42. The van der Waals surface area contributed by atoms with Gasteiger partial charge >= 0.3 is 0 Å². The van der Waals surface area contributed by atoms with Gasteiger partial charge in [0.1, 0.15) is 0 Å². The summed E-state index contributed by atoms with van der Waals surface area (Å²) < 4.78 is 10.5. The molecule has 0 unspecified atom stereocenters. The smallest absolute Gasteiger partial charge is 0.179 e. The van der Waals surface area contributed by atoms with E-state index in [0.717, 1.165) is 31.7 Å². The summed E-state index contributed by atoms with van der Waals surface area (Å²) in [6.07, 6.45) is 0. The van der Waals surface area contributed by atoms with Gasteiger partial charge in [-0.2, -0.15) is 0 Å². The molecule has 1 aromatic carbocycles. The number of halogens is 1. The van der Waals surface area contributed by atoms with Gasteiger partial charge in [0.2, 0.25) is 0 Å². The third-order valence-electron chi connectivity index (χ3n) is 3.03. The maximum absolute atomic E-state index is 6.16. The van der Waals surface area contributed by atoms with E-state index >= 15 is 0 Å². The van der Waals surface area contributed by atoms with Crippen molar-refractivity contribution in [3.05, 3.63) is 22.7 Å². The average Bonchev–Trinajstić information content (AvgIpc) is 2.42. The summed E-state index contributed by atoms with van der Waals surface area (Å²) >= 11 is 6.16. The number of likely N-dealkylation sites (N-methyl/N-ethyl adjacent to an activating group) is 1. The van der Waals surface area contributed by atoms with Crippen molar-refractivity contribution in [2.45, 2.75) is 13.5 Å². The number of rotatable bonds is 8. The maximum atomic E-state index is 6.16. The molecule has 108 valence electrons. The van der Waals surface area contributed by atoms with Crippen LogP contribution in [0.25, 0.3) is 0 Å². The Morgan fingerprint density at radius 3 is 2.58 bits per heavy atom. The van der Waals surface area contributed by atoms with E-state index in [0.29, 0.717) is 16.5 Å². The lowest BCUT2D eigenvalue weighted by Gasteiger charge is -2.15. The van der Waals surface area contributed by atoms with Gasteiger partial charge in [0, 0.05) is 19.6 Å². The predicted octanol–water partition coefficient (Wildman–Crippen LogP) is 2.40. The predicted molar refractivity (Wildman–Crippen MR) is 79.4 cm³/mol. The van der Waals surface area contributed by atoms with Crippen molar-refractivity contribution in [1.82, 2.24) is 10.2 Å². The van der Waals surface area contributed by atoms with Crippen LogP contribution in [0.4, 0.5) is 0 Å². The Balaban J connectivity index is 2.57. The molecule has 1 rings (SSSR count). The van der Waals surface area contributed by atoms with E-state index in [1.54, 1.807) is 14.2 Å². The van der Waals surface area contributed by atoms with Gasteiger partial charge in [-0.05, 0) is 31.3 Å². The highest BCUT2D eigenvalue weighted by Gasteiger charge is 2.10. The van der Waals surface area contributed by atoms with E-state index in [2.05, 4.69) is 24.2 Å². The molecule has 0 aliphatic rings. The third-order valence-corrected chi connectivity index (χ3v) is 3.31. The number of ether oxygens (including phenoxy) is 2. The molecule has 19 heavy (non-hydrogen) atoms. The zero-order chi connectivity index (χ0) is 14.3. The normalized spacial score (nSPS) is 10.8. The van der Waals surface area contributed by atoms with Gasteiger partial charge in [0.05, 0.1) is 19.2 Å². The Kier molecular flexibility index (Phi) is 6.99. The summed E-state index contributed by atoms with van der Waals surface area (Å²) in [4.78, 5) is 2.26. The summed E-state index contributed by atoms with van der Waals surface area (Å²) in [5, 5.41) is 3.96. The Labute approximate surface area is 120 Å². The van der Waals surface area contributed by atoms with Crippen LogP contribution in [0.2, 0.25) is 5.02 Å². The molecule has 0 saturated carbocycles. The highest BCUT2D eigenvalue weighted by Crippen LogP contribution is 2.35. The van der Waals surface area contributed by atoms with Gasteiger partial charge in [-0.1, -0.05) is 18.5 Å². The van der Waals surface area contributed by atoms with Gasteiger partial charge in [0.15, 0.2) is 11.5 Å². The fourth-order valence-electron chi connectivity index (χ4n) is 1.73. The molecule has 0 bridgehead atoms. The topological polar surface area (TPSA) is 33.7 Å². The van der Waals surface area contributed by atoms with Crippen LogP contribution >= 0.6 is 11.6 Å². The Bertz CT molecular complexity index is 399.